The monoisotopic (exact) mass is 240 g/mol. The summed E-state index contributed by atoms with van der Waals surface area (Å²) in [5, 5.41) is 0. The van der Waals surface area contributed by atoms with Gasteiger partial charge in [-0.25, -0.2) is 0 Å². The fourth-order valence-electron chi connectivity index (χ4n) is 0.795. The second-order valence-electron chi connectivity index (χ2n) is 2.66. The van der Waals surface area contributed by atoms with Gasteiger partial charge in [-0.15, -0.1) is 0 Å². The predicted molar refractivity (Wildman–Crippen MR) is 65.0 cm³/mol. The standard InChI is InChI=1S/C12H17Br/c1-2-3-4-5-6-7-8-9-10-11-12-13/h5-12H,2-4H2,1H3/b6-5+,8-7+,10-9?,12-11?. The maximum Gasteiger partial charge on any atom is -0.0189 e. The highest BCUT2D eigenvalue weighted by Gasteiger charge is 1.74. The minimum Gasteiger partial charge on any atom is -0.0845 e. The lowest BCUT2D eigenvalue weighted by Crippen LogP contribution is -1.64. The number of hydrogen-bond acceptors (Lipinski definition) is 0. The highest BCUT2D eigenvalue weighted by molar-refractivity contribution is 9.11. The van der Waals surface area contributed by atoms with E-state index in [2.05, 4.69) is 35.0 Å². The van der Waals surface area contributed by atoms with Gasteiger partial charge in [-0.3, -0.25) is 0 Å². The Balaban J connectivity index is 3.45. The Bertz CT molecular complexity index is 197. The molecule has 0 aromatic rings. The second kappa shape index (κ2) is 11.4. The number of rotatable bonds is 6. The van der Waals surface area contributed by atoms with Crippen molar-refractivity contribution in [3.8, 4) is 0 Å². The van der Waals surface area contributed by atoms with Crippen molar-refractivity contribution in [2.75, 3.05) is 0 Å². The third kappa shape index (κ3) is 11.4. The van der Waals surface area contributed by atoms with Crippen molar-refractivity contribution in [2.24, 2.45) is 0 Å². The van der Waals surface area contributed by atoms with Gasteiger partial charge in [-0.1, -0.05) is 78.2 Å². The molecule has 0 saturated heterocycles. The van der Waals surface area contributed by atoms with Crippen LogP contribution >= 0.6 is 15.9 Å². The lowest BCUT2D eigenvalue weighted by atomic mass is 10.2. The number of unbranched alkanes of at least 4 members (excludes halogenated alkanes) is 2. The van der Waals surface area contributed by atoms with Crippen molar-refractivity contribution in [3.63, 3.8) is 0 Å². The van der Waals surface area contributed by atoms with E-state index in [-0.39, 0.29) is 0 Å². The fourth-order valence-corrected chi connectivity index (χ4v) is 0.972. The number of hydrogen-bond donors (Lipinski definition) is 0. The van der Waals surface area contributed by atoms with Gasteiger partial charge >= 0.3 is 0 Å². The molecule has 0 unspecified atom stereocenters. The summed E-state index contributed by atoms with van der Waals surface area (Å²) in [6.45, 7) is 2.21. The molecule has 0 amide bonds. The fraction of sp³-hybridized carbons (Fsp3) is 0.333. The van der Waals surface area contributed by atoms with Gasteiger partial charge < -0.3 is 0 Å². The molecule has 0 aliphatic rings. The first-order chi connectivity index (χ1) is 6.41. The van der Waals surface area contributed by atoms with Crippen molar-refractivity contribution in [3.05, 3.63) is 47.5 Å². The van der Waals surface area contributed by atoms with Crippen molar-refractivity contribution in [1.29, 1.82) is 0 Å². The van der Waals surface area contributed by atoms with Gasteiger partial charge in [0.05, 0.1) is 0 Å². The summed E-state index contributed by atoms with van der Waals surface area (Å²) in [5.74, 6) is 0. The van der Waals surface area contributed by atoms with Crippen LogP contribution in [0.3, 0.4) is 0 Å². The molecule has 0 nitrogen and oxygen atoms in total. The maximum atomic E-state index is 3.19. The molecule has 0 fully saturated rings. The summed E-state index contributed by atoms with van der Waals surface area (Å²) in [6, 6.07) is 0. The Hall–Kier alpha value is -0.560. The van der Waals surface area contributed by atoms with Crippen LogP contribution in [-0.2, 0) is 0 Å². The highest BCUT2D eigenvalue weighted by Crippen LogP contribution is 1.94. The van der Waals surface area contributed by atoms with Crippen LogP contribution in [0.5, 0.6) is 0 Å². The minimum absolute atomic E-state index is 1.19. The van der Waals surface area contributed by atoms with Crippen LogP contribution in [0, 0.1) is 0 Å². The van der Waals surface area contributed by atoms with E-state index in [0.717, 1.165) is 0 Å². The Morgan fingerprint density at radius 1 is 0.923 bits per heavy atom. The smallest absolute Gasteiger partial charge is 0.0189 e. The first kappa shape index (κ1) is 12.4. The van der Waals surface area contributed by atoms with Crippen LogP contribution in [0.2, 0.25) is 0 Å². The molecule has 0 atom stereocenters. The molecule has 0 heterocycles. The zero-order valence-electron chi connectivity index (χ0n) is 8.12. The predicted octanol–water partition coefficient (Wildman–Crippen LogP) is 4.75. The van der Waals surface area contributed by atoms with Crippen LogP contribution in [0.25, 0.3) is 0 Å². The van der Waals surface area contributed by atoms with Crippen molar-refractivity contribution in [2.45, 2.75) is 26.2 Å². The van der Waals surface area contributed by atoms with Crippen LogP contribution in [0.4, 0.5) is 0 Å². The van der Waals surface area contributed by atoms with E-state index in [1.165, 1.54) is 19.3 Å². The van der Waals surface area contributed by atoms with E-state index in [9.17, 15) is 0 Å². The van der Waals surface area contributed by atoms with Crippen molar-refractivity contribution in [1.82, 2.24) is 0 Å². The second-order valence-corrected chi connectivity index (χ2v) is 3.19. The topological polar surface area (TPSA) is 0 Å². The Kier molecular flexibility index (Phi) is 10.9. The molecule has 0 aromatic heterocycles. The number of halogens is 1. The first-order valence-corrected chi connectivity index (χ1v) is 5.58. The zero-order chi connectivity index (χ0) is 9.78. The highest BCUT2D eigenvalue weighted by atomic mass is 79.9. The summed E-state index contributed by atoms with van der Waals surface area (Å²) < 4.78 is 0. The molecule has 0 aliphatic carbocycles. The Morgan fingerprint density at radius 3 is 2.15 bits per heavy atom. The summed E-state index contributed by atoms with van der Waals surface area (Å²) in [5.41, 5.74) is 0. The van der Waals surface area contributed by atoms with Gasteiger partial charge in [0.2, 0.25) is 0 Å². The van der Waals surface area contributed by atoms with Crippen LogP contribution < -0.4 is 0 Å². The normalized spacial score (nSPS) is 13.1. The molecule has 13 heavy (non-hydrogen) atoms. The van der Waals surface area contributed by atoms with Gasteiger partial charge in [0, 0.05) is 0 Å². The zero-order valence-corrected chi connectivity index (χ0v) is 9.70. The lowest BCUT2D eigenvalue weighted by Gasteiger charge is -1.84. The summed E-state index contributed by atoms with van der Waals surface area (Å²) >= 11 is 3.19. The molecule has 0 N–H and O–H groups in total. The Labute approximate surface area is 89.9 Å². The van der Waals surface area contributed by atoms with Gasteiger partial charge in [-0.2, -0.15) is 0 Å². The largest absolute Gasteiger partial charge is 0.0845 e. The molecule has 0 aromatic carbocycles. The molecule has 0 spiro atoms. The van der Waals surface area contributed by atoms with Crippen molar-refractivity contribution < 1.29 is 0 Å². The molecule has 0 radical (unpaired) electrons. The molecular formula is C12H17Br. The van der Waals surface area contributed by atoms with Crippen molar-refractivity contribution >= 4 is 15.9 Å². The van der Waals surface area contributed by atoms with E-state index in [1.807, 2.05) is 35.4 Å². The van der Waals surface area contributed by atoms with E-state index in [4.69, 9.17) is 0 Å². The average Bonchev–Trinajstić information content (AvgIpc) is 2.16. The number of allylic oxidation sites excluding steroid dienone is 7. The quantitative estimate of drug-likeness (QED) is 0.464. The van der Waals surface area contributed by atoms with E-state index in [0.29, 0.717) is 0 Å². The third-order valence-electron chi connectivity index (χ3n) is 1.49. The summed E-state index contributed by atoms with van der Waals surface area (Å²) in [4.78, 5) is 1.83. The first-order valence-electron chi connectivity index (χ1n) is 4.67. The minimum atomic E-state index is 1.19. The van der Waals surface area contributed by atoms with Gasteiger partial charge in [0.1, 0.15) is 0 Å². The summed E-state index contributed by atoms with van der Waals surface area (Å²) in [6.07, 6.45) is 18.0. The van der Waals surface area contributed by atoms with Crippen LogP contribution in [0.1, 0.15) is 26.2 Å². The molecule has 0 rings (SSSR count). The van der Waals surface area contributed by atoms with Gasteiger partial charge in [0.25, 0.3) is 0 Å². The molecular weight excluding hydrogens is 224 g/mol. The summed E-state index contributed by atoms with van der Waals surface area (Å²) in [7, 11) is 0. The lowest BCUT2D eigenvalue weighted by molar-refractivity contribution is 0.815. The molecule has 0 bridgehead atoms. The third-order valence-corrected chi connectivity index (χ3v) is 1.79. The average molecular weight is 241 g/mol. The van der Waals surface area contributed by atoms with E-state index < -0.39 is 0 Å². The Morgan fingerprint density at radius 2 is 1.54 bits per heavy atom. The van der Waals surface area contributed by atoms with E-state index in [1.54, 1.807) is 0 Å². The SMILES string of the molecule is CCCC/C=C/C=C/C=CC=CBr. The van der Waals surface area contributed by atoms with Gasteiger partial charge in [0.15, 0.2) is 0 Å². The molecule has 1 heteroatoms. The molecule has 0 saturated carbocycles. The molecule has 0 aliphatic heterocycles. The van der Waals surface area contributed by atoms with Crippen LogP contribution in [-0.4, -0.2) is 0 Å². The van der Waals surface area contributed by atoms with Crippen LogP contribution in [0.15, 0.2) is 47.5 Å². The van der Waals surface area contributed by atoms with E-state index >= 15 is 0 Å². The molecule has 72 valence electrons. The maximum absolute atomic E-state index is 3.19. The van der Waals surface area contributed by atoms with Gasteiger partial charge in [-0.05, 0) is 11.4 Å².